The van der Waals surface area contributed by atoms with Gasteiger partial charge in [0, 0.05) is 52.0 Å². The topological polar surface area (TPSA) is 58.1 Å². The summed E-state index contributed by atoms with van der Waals surface area (Å²) in [5, 5.41) is 6.91. The summed E-state index contributed by atoms with van der Waals surface area (Å²) >= 11 is 0. The zero-order valence-corrected chi connectivity index (χ0v) is 21.0. The molecule has 0 spiro atoms. The van der Waals surface area contributed by atoms with E-state index in [4.69, 9.17) is 9.47 Å². The molecule has 2 N–H and O–H groups in total. The number of aliphatic imine (C=N–C) groups is 1. The fourth-order valence-corrected chi connectivity index (χ4v) is 4.16. The van der Waals surface area contributed by atoms with E-state index in [0.29, 0.717) is 6.10 Å². The molecular formula is C21H43IN4O2. The van der Waals surface area contributed by atoms with Crippen LogP contribution in [0.3, 0.4) is 0 Å². The highest BCUT2D eigenvalue weighted by atomic mass is 127. The van der Waals surface area contributed by atoms with Crippen molar-refractivity contribution in [3.63, 3.8) is 0 Å². The van der Waals surface area contributed by atoms with Crippen molar-refractivity contribution in [3.05, 3.63) is 0 Å². The molecular weight excluding hydrogens is 467 g/mol. The first kappa shape index (κ1) is 25.9. The average Bonchev–Trinajstić information content (AvgIpc) is 3.13. The number of nitrogens with one attached hydrogen (secondary N) is 2. The van der Waals surface area contributed by atoms with Gasteiger partial charge in [-0.1, -0.05) is 13.8 Å². The minimum atomic E-state index is 0. The summed E-state index contributed by atoms with van der Waals surface area (Å²) in [5.74, 6) is 2.43. The lowest BCUT2D eigenvalue weighted by molar-refractivity contribution is 0.0168. The molecule has 2 aliphatic heterocycles. The molecule has 0 aromatic carbocycles. The highest BCUT2D eigenvalue weighted by Gasteiger charge is 2.32. The molecule has 2 rings (SSSR count). The molecule has 0 radical (unpaired) electrons. The lowest BCUT2D eigenvalue weighted by Gasteiger charge is -2.45. The van der Waals surface area contributed by atoms with E-state index in [1.165, 1.54) is 25.9 Å². The van der Waals surface area contributed by atoms with Gasteiger partial charge in [0.25, 0.3) is 0 Å². The second-order valence-electron chi connectivity index (χ2n) is 9.08. The number of hydrogen-bond donors (Lipinski definition) is 2. The van der Waals surface area contributed by atoms with Gasteiger partial charge in [0.2, 0.25) is 0 Å². The summed E-state index contributed by atoms with van der Waals surface area (Å²) in [5.41, 5.74) is 0.116. The minimum absolute atomic E-state index is 0. The number of ether oxygens (including phenoxy) is 2. The molecule has 0 aromatic rings. The number of guanidine groups is 1. The van der Waals surface area contributed by atoms with Crippen molar-refractivity contribution in [1.29, 1.82) is 0 Å². The van der Waals surface area contributed by atoms with Gasteiger partial charge in [-0.05, 0) is 51.4 Å². The van der Waals surface area contributed by atoms with Crippen molar-refractivity contribution in [2.45, 2.75) is 65.0 Å². The summed E-state index contributed by atoms with van der Waals surface area (Å²) in [7, 11) is 1.83. The Morgan fingerprint density at radius 3 is 2.54 bits per heavy atom. The van der Waals surface area contributed by atoms with Crippen LogP contribution in [-0.4, -0.2) is 75.5 Å². The maximum absolute atomic E-state index is 5.71. The Labute approximate surface area is 189 Å². The third-order valence-corrected chi connectivity index (χ3v) is 5.72. The standard InChI is InChI=1S/C21H42N4O2.HI/c1-17-12-18(2)14-25(13-17)21(3,4)16-24-20(22-5)23-9-7-10-26-15-19-8-6-11-27-19;/h17-19H,6-16H2,1-5H3,(H2,22,23,24);1H. The van der Waals surface area contributed by atoms with Gasteiger partial charge in [-0.25, -0.2) is 0 Å². The monoisotopic (exact) mass is 510 g/mol. The van der Waals surface area contributed by atoms with Crippen molar-refractivity contribution in [2.24, 2.45) is 16.8 Å². The van der Waals surface area contributed by atoms with Crippen molar-refractivity contribution < 1.29 is 9.47 Å². The molecule has 28 heavy (non-hydrogen) atoms. The highest BCUT2D eigenvalue weighted by molar-refractivity contribution is 14.0. The molecule has 2 aliphatic rings. The van der Waals surface area contributed by atoms with Crippen LogP contribution < -0.4 is 10.6 Å². The molecule has 0 aliphatic carbocycles. The molecule has 2 heterocycles. The van der Waals surface area contributed by atoms with Gasteiger partial charge >= 0.3 is 0 Å². The Morgan fingerprint density at radius 1 is 1.21 bits per heavy atom. The van der Waals surface area contributed by atoms with Crippen molar-refractivity contribution in [2.75, 3.05) is 53.0 Å². The lowest BCUT2D eigenvalue weighted by atomic mass is 9.88. The summed E-state index contributed by atoms with van der Waals surface area (Å²) in [4.78, 5) is 6.99. The van der Waals surface area contributed by atoms with Crippen LogP contribution in [0.1, 0.15) is 53.4 Å². The van der Waals surface area contributed by atoms with E-state index in [1.54, 1.807) is 0 Å². The van der Waals surface area contributed by atoms with Gasteiger partial charge in [0.1, 0.15) is 0 Å². The van der Waals surface area contributed by atoms with Gasteiger partial charge in [0.05, 0.1) is 12.7 Å². The zero-order chi connectivity index (χ0) is 19.7. The second kappa shape index (κ2) is 13.2. The SMILES string of the molecule is CN=C(NCCCOCC1CCCO1)NCC(C)(C)N1CC(C)CC(C)C1.I. The van der Waals surface area contributed by atoms with Gasteiger partial charge in [-0.2, -0.15) is 0 Å². The van der Waals surface area contributed by atoms with Crippen LogP contribution in [0.4, 0.5) is 0 Å². The molecule has 0 amide bonds. The molecule has 0 saturated carbocycles. The first-order valence-corrected chi connectivity index (χ1v) is 10.8. The van der Waals surface area contributed by atoms with Gasteiger partial charge in [-0.3, -0.25) is 9.89 Å². The maximum Gasteiger partial charge on any atom is 0.191 e. The number of hydrogen-bond acceptors (Lipinski definition) is 4. The van der Waals surface area contributed by atoms with Crippen LogP contribution in [0.2, 0.25) is 0 Å². The largest absolute Gasteiger partial charge is 0.379 e. The number of rotatable bonds is 9. The molecule has 3 atom stereocenters. The summed E-state index contributed by atoms with van der Waals surface area (Å²) < 4.78 is 11.3. The van der Waals surface area contributed by atoms with Crippen molar-refractivity contribution in [3.8, 4) is 0 Å². The normalized spacial score (nSPS) is 26.8. The highest BCUT2D eigenvalue weighted by Crippen LogP contribution is 2.26. The molecule has 2 fully saturated rings. The molecule has 3 unspecified atom stereocenters. The van der Waals surface area contributed by atoms with E-state index in [-0.39, 0.29) is 29.5 Å². The molecule has 0 aromatic heterocycles. The average molecular weight is 511 g/mol. The minimum Gasteiger partial charge on any atom is -0.379 e. The smallest absolute Gasteiger partial charge is 0.191 e. The second-order valence-corrected chi connectivity index (χ2v) is 9.08. The van der Waals surface area contributed by atoms with E-state index in [9.17, 15) is 0 Å². The Balaban J connectivity index is 0.00000392. The maximum atomic E-state index is 5.71. The van der Waals surface area contributed by atoms with Crippen LogP contribution >= 0.6 is 24.0 Å². The van der Waals surface area contributed by atoms with E-state index < -0.39 is 0 Å². The van der Waals surface area contributed by atoms with Crippen molar-refractivity contribution >= 4 is 29.9 Å². The van der Waals surface area contributed by atoms with Crippen LogP contribution in [-0.2, 0) is 9.47 Å². The lowest BCUT2D eigenvalue weighted by Crippen LogP contribution is -2.57. The van der Waals surface area contributed by atoms with E-state index in [0.717, 1.165) is 63.5 Å². The van der Waals surface area contributed by atoms with Crippen LogP contribution in [0, 0.1) is 11.8 Å². The number of halogens is 1. The molecule has 7 heteroatoms. The Hall–Kier alpha value is -0.120. The Kier molecular flexibility index (Phi) is 12.3. The van der Waals surface area contributed by atoms with Gasteiger partial charge in [-0.15, -0.1) is 24.0 Å². The molecule has 0 bridgehead atoms. The fourth-order valence-electron chi connectivity index (χ4n) is 4.16. The van der Waals surface area contributed by atoms with Gasteiger partial charge in [0.15, 0.2) is 5.96 Å². The van der Waals surface area contributed by atoms with E-state index in [2.05, 4.69) is 48.2 Å². The van der Waals surface area contributed by atoms with E-state index >= 15 is 0 Å². The third-order valence-electron chi connectivity index (χ3n) is 5.72. The third kappa shape index (κ3) is 9.13. The number of nitrogens with zero attached hydrogens (tertiary/aromatic N) is 2. The predicted octanol–water partition coefficient (Wildman–Crippen LogP) is 3.11. The number of piperidine rings is 1. The van der Waals surface area contributed by atoms with Gasteiger partial charge < -0.3 is 20.1 Å². The summed E-state index contributed by atoms with van der Waals surface area (Å²) in [6.45, 7) is 15.9. The summed E-state index contributed by atoms with van der Waals surface area (Å²) in [6, 6.07) is 0. The molecule has 166 valence electrons. The predicted molar refractivity (Wildman–Crippen MR) is 128 cm³/mol. The Bertz CT molecular complexity index is 446. The van der Waals surface area contributed by atoms with Crippen LogP contribution in [0.15, 0.2) is 4.99 Å². The van der Waals surface area contributed by atoms with Crippen molar-refractivity contribution in [1.82, 2.24) is 15.5 Å². The first-order valence-electron chi connectivity index (χ1n) is 10.8. The van der Waals surface area contributed by atoms with E-state index in [1.807, 2.05) is 7.05 Å². The van der Waals surface area contributed by atoms with Crippen LogP contribution in [0.5, 0.6) is 0 Å². The fraction of sp³-hybridized carbons (Fsp3) is 0.952. The van der Waals surface area contributed by atoms with Crippen LogP contribution in [0.25, 0.3) is 0 Å². The summed E-state index contributed by atoms with van der Waals surface area (Å²) in [6.07, 6.45) is 4.94. The Morgan fingerprint density at radius 2 is 1.93 bits per heavy atom. The number of likely N-dealkylation sites (tertiary alicyclic amines) is 1. The first-order chi connectivity index (χ1) is 12.9. The zero-order valence-electron chi connectivity index (χ0n) is 18.6. The molecule has 2 saturated heterocycles. The molecule has 6 nitrogen and oxygen atoms in total. The quantitative estimate of drug-likeness (QED) is 0.216.